The van der Waals surface area contributed by atoms with Gasteiger partial charge in [0.25, 0.3) is 0 Å². The van der Waals surface area contributed by atoms with E-state index in [0.29, 0.717) is 44.4 Å². The second kappa shape index (κ2) is 9.49. The number of carboxylic acid groups (broad SMARTS) is 1. The van der Waals surface area contributed by atoms with Gasteiger partial charge in [-0.1, -0.05) is 48.5 Å². The molecule has 0 heterocycles. The van der Waals surface area contributed by atoms with Gasteiger partial charge in [0.1, 0.15) is 6.61 Å². The van der Waals surface area contributed by atoms with Crippen LogP contribution in [-0.2, 0) is 14.3 Å². The highest BCUT2D eigenvalue weighted by molar-refractivity contribution is 5.79. The monoisotopic (exact) mass is 462 g/mol. The predicted octanol–water partition coefficient (Wildman–Crippen LogP) is 3.78. The third-order valence-corrected chi connectivity index (χ3v) is 7.49. The van der Waals surface area contributed by atoms with Gasteiger partial charge in [0.15, 0.2) is 0 Å². The van der Waals surface area contributed by atoms with Crippen LogP contribution >= 0.6 is 0 Å². The van der Waals surface area contributed by atoms with Gasteiger partial charge in [-0.2, -0.15) is 0 Å². The Morgan fingerprint density at radius 3 is 2.12 bits per heavy atom. The first-order valence-corrected chi connectivity index (χ1v) is 12.1. The molecule has 0 radical (unpaired) electrons. The summed E-state index contributed by atoms with van der Waals surface area (Å²) in [7, 11) is 0. The minimum atomic E-state index is -0.773. The molecule has 178 valence electrons. The fourth-order valence-corrected chi connectivity index (χ4v) is 5.44. The van der Waals surface area contributed by atoms with Crippen LogP contribution in [0.3, 0.4) is 0 Å². The maximum absolute atomic E-state index is 12.3. The standard InChI is InChI=1S/C27H30N2O5/c30-25(28-14-18-12-23(18)26(31)32)11-16-9-17(10-16)13-29-27(33)34-15-24-21-7-3-1-5-19(21)20-6-2-4-8-22(20)24/h1-8,16-18,23-24H,9-15H2,(H,28,30)(H,29,33)(H,31,32). The van der Waals surface area contributed by atoms with Crippen molar-refractivity contribution >= 4 is 18.0 Å². The minimum Gasteiger partial charge on any atom is -0.481 e. The predicted molar refractivity (Wildman–Crippen MR) is 126 cm³/mol. The number of hydrogen-bond donors (Lipinski definition) is 3. The zero-order chi connectivity index (χ0) is 23.7. The number of hydrogen-bond acceptors (Lipinski definition) is 4. The Balaban J connectivity index is 0.997. The van der Waals surface area contributed by atoms with E-state index in [1.165, 1.54) is 22.3 Å². The Bertz CT molecular complexity index is 1050. The smallest absolute Gasteiger partial charge is 0.407 e. The highest BCUT2D eigenvalue weighted by atomic mass is 16.5. The number of carbonyl (C=O) groups is 3. The van der Waals surface area contributed by atoms with E-state index < -0.39 is 12.1 Å². The lowest BCUT2D eigenvalue weighted by Gasteiger charge is -2.35. The molecule has 3 aliphatic carbocycles. The van der Waals surface area contributed by atoms with Gasteiger partial charge in [-0.25, -0.2) is 4.79 Å². The van der Waals surface area contributed by atoms with Crippen LogP contribution in [-0.4, -0.2) is 42.8 Å². The molecule has 2 amide bonds. The average Bonchev–Trinajstić information content (AvgIpc) is 3.53. The van der Waals surface area contributed by atoms with Crippen molar-refractivity contribution < 1.29 is 24.2 Å². The largest absolute Gasteiger partial charge is 0.481 e. The van der Waals surface area contributed by atoms with Crippen molar-refractivity contribution in [1.82, 2.24) is 10.6 Å². The van der Waals surface area contributed by atoms with E-state index in [1.54, 1.807) is 0 Å². The van der Waals surface area contributed by atoms with Gasteiger partial charge < -0.3 is 20.5 Å². The number of carbonyl (C=O) groups excluding carboxylic acids is 2. The first-order chi connectivity index (χ1) is 16.5. The van der Waals surface area contributed by atoms with E-state index >= 15 is 0 Å². The third kappa shape index (κ3) is 4.79. The minimum absolute atomic E-state index is 0.0102. The van der Waals surface area contributed by atoms with Crippen molar-refractivity contribution in [2.75, 3.05) is 19.7 Å². The number of rotatable bonds is 9. The Hall–Kier alpha value is -3.35. The molecule has 2 saturated carbocycles. The first-order valence-electron chi connectivity index (χ1n) is 12.1. The van der Waals surface area contributed by atoms with Gasteiger partial charge in [0.2, 0.25) is 5.91 Å². The molecule has 2 aromatic rings. The number of fused-ring (bicyclic) bond motifs is 3. The number of aliphatic carboxylic acids is 1. The summed E-state index contributed by atoms with van der Waals surface area (Å²) in [4.78, 5) is 35.2. The molecule has 3 N–H and O–H groups in total. The Labute approximate surface area is 198 Å². The van der Waals surface area contributed by atoms with Gasteiger partial charge in [-0.05, 0) is 59.3 Å². The van der Waals surface area contributed by atoms with E-state index in [1.807, 2.05) is 24.3 Å². The molecule has 7 heteroatoms. The van der Waals surface area contributed by atoms with Gasteiger partial charge in [0, 0.05) is 25.4 Å². The van der Waals surface area contributed by atoms with Crippen LogP contribution in [0.15, 0.2) is 48.5 Å². The molecule has 7 nitrogen and oxygen atoms in total. The highest BCUT2D eigenvalue weighted by Gasteiger charge is 2.43. The molecule has 2 fully saturated rings. The van der Waals surface area contributed by atoms with Gasteiger partial charge in [-0.3, -0.25) is 9.59 Å². The molecule has 2 atom stereocenters. The Morgan fingerprint density at radius 2 is 1.50 bits per heavy atom. The summed E-state index contributed by atoms with van der Waals surface area (Å²) >= 11 is 0. The summed E-state index contributed by atoms with van der Waals surface area (Å²) in [5.41, 5.74) is 4.79. The fraction of sp³-hybridized carbons (Fsp3) is 0.444. The second-order valence-corrected chi connectivity index (χ2v) is 9.86. The van der Waals surface area contributed by atoms with E-state index in [-0.39, 0.29) is 23.7 Å². The topological polar surface area (TPSA) is 105 Å². The molecule has 2 aromatic carbocycles. The maximum Gasteiger partial charge on any atom is 0.407 e. The van der Waals surface area contributed by atoms with Crippen molar-refractivity contribution in [2.24, 2.45) is 23.7 Å². The van der Waals surface area contributed by atoms with Gasteiger partial charge in [0.05, 0.1) is 5.92 Å². The summed E-state index contributed by atoms with van der Waals surface area (Å²) < 4.78 is 5.58. The van der Waals surface area contributed by atoms with Gasteiger partial charge >= 0.3 is 12.1 Å². The number of ether oxygens (including phenoxy) is 1. The van der Waals surface area contributed by atoms with Crippen LogP contribution in [0, 0.1) is 23.7 Å². The van der Waals surface area contributed by atoms with Crippen molar-refractivity contribution in [3.8, 4) is 11.1 Å². The normalized spacial score (nSPS) is 24.4. The number of alkyl carbamates (subject to hydrolysis) is 1. The molecule has 34 heavy (non-hydrogen) atoms. The third-order valence-electron chi connectivity index (χ3n) is 7.49. The summed E-state index contributed by atoms with van der Waals surface area (Å²) in [5.74, 6) is -0.267. The second-order valence-electron chi connectivity index (χ2n) is 9.86. The first kappa shape index (κ1) is 22.4. The molecule has 5 rings (SSSR count). The van der Waals surface area contributed by atoms with Crippen LogP contribution in [0.4, 0.5) is 4.79 Å². The van der Waals surface area contributed by atoms with Crippen LogP contribution < -0.4 is 10.6 Å². The lowest BCUT2D eigenvalue weighted by molar-refractivity contribution is -0.139. The maximum atomic E-state index is 12.3. The van der Waals surface area contributed by atoms with Crippen LogP contribution in [0.1, 0.15) is 42.7 Å². The lowest BCUT2D eigenvalue weighted by atomic mass is 9.73. The van der Waals surface area contributed by atoms with Gasteiger partial charge in [-0.15, -0.1) is 0 Å². The van der Waals surface area contributed by atoms with Crippen molar-refractivity contribution in [1.29, 1.82) is 0 Å². The van der Waals surface area contributed by atoms with Crippen LogP contribution in [0.5, 0.6) is 0 Å². The van der Waals surface area contributed by atoms with E-state index in [4.69, 9.17) is 9.84 Å². The Kier molecular flexibility index (Phi) is 6.26. The summed E-state index contributed by atoms with van der Waals surface area (Å²) in [5, 5.41) is 14.7. The Morgan fingerprint density at radius 1 is 0.853 bits per heavy atom. The van der Waals surface area contributed by atoms with E-state index in [9.17, 15) is 14.4 Å². The van der Waals surface area contributed by atoms with Crippen molar-refractivity contribution in [3.05, 3.63) is 59.7 Å². The SMILES string of the molecule is O=C(CC1CC(CNC(=O)OCC2c3ccccc3-c3ccccc32)C1)NCC1CC1C(=O)O. The highest BCUT2D eigenvalue weighted by Crippen LogP contribution is 2.44. The fourth-order valence-electron chi connectivity index (χ4n) is 5.44. The molecular formula is C27H30N2O5. The molecule has 0 aliphatic heterocycles. The zero-order valence-electron chi connectivity index (χ0n) is 19.0. The molecule has 0 bridgehead atoms. The van der Waals surface area contributed by atoms with Crippen LogP contribution in [0.25, 0.3) is 11.1 Å². The number of amides is 2. The van der Waals surface area contributed by atoms with E-state index in [0.717, 1.165) is 12.8 Å². The van der Waals surface area contributed by atoms with E-state index in [2.05, 4.69) is 34.9 Å². The zero-order valence-corrected chi connectivity index (χ0v) is 19.0. The number of benzene rings is 2. The molecular weight excluding hydrogens is 432 g/mol. The molecule has 0 aromatic heterocycles. The lowest BCUT2D eigenvalue weighted by Crippen LogP contribution is -2.38. The summed E-state index contributed by atoms with van der Waals surface area (Å²) in [6.07, 6.45) is 2.52. The average molecular weight is 463 g/mol. The summed E-state index contributed by atoms with van der Waals surface area (Å²) in [6, 6.07) is 16.5. The quantitative estimate of drug-likeness (QED) is 0.526. The molecule has 2 unspecified atom stereocenters. The van der Waals surface area contributed by atoms with Crippen molar-refractivity contribution in [3.63, 3.8) is 0 Å². The molecule has 0 spiro atoms. The molecule has 3 aliphatic rings. The van der Waals surface area contributed by atoms with Crippen LogP contribution in [0.2, 0.25) is 0 Å². The number of nitrogens with one attached hydrogen (secondary N) is 2. The summed E-state index contributed by atoms with van der Waals surface area (Å²) in [6.45, 7) is 1.31. The van der Waals surface area contributed by atoms with Crippen molar-refractivity contribution in [2.45, 2.75) is 31.6 Å². The molecule has 0 saturated heterocycles. The number of carboxylic acids is 1.